The summed E-state index contributed by atoms with van der Waals surface area (Å²) in [5.74, 6) is 0.770. The minimum atomic E-state index is -0.269. The second-order valence-corrected chi connectivity index (χ2v) is 9.14. The van der Waals surface area contributed by atoms with E-state index in [0.717, 1.165) is 28.0 Å². The molecule has 9 heteroatoms. The molecule has 0 aliphatic rings. The average Bonchev–Trinajstić information content (AvgIpc) is 3.37. The molecule has 0 atom stereocenters. The molecule has 0 radical (unpaired) electrons. The number of hydrogen-bond acceptors (Lipinski definition) is 5. The van der Waals surface area contributed by atoms with Crippen molar-refractivity contribution < 1.29 is 9.53 Å². The smallest absolute Gasteiger partial charge is 0.268 e. The van der Waals surface area contributed by atoms with Crippen LogP contribution in [0.25, 0.3) is 0 Å². The third-order valence-electron chi connectivity index (χ3n) is 4.59. The molecule has 2 aromatic carbocycles. The zero-order valence-corrected chi connectivity index (χ0v) is 19.8. The first-order valence-electron chi connectivity index (χ1n) is 9.79. The molecule has 0 saturated carbocycles. The Morgan fingerprint density at radius 3 is 2.66 bits per heavy atom. The van der Waals surface area contributed by atoms with Crippen molar-refractivity contribution in [3.8, 4) is 5.75 Å². The molecular formula is C23H20Cl2N4O2S. The second-order valence-electron chi connectivity index (χ2n) is 7.39. The van der Waals surface area contributed by atoms with Gasteiger partial charge in [0.2, 0.25) is 5.95 Å². The minimum absolute atomic E-state index is 0.224. The van der Waals surface area contributed by atoms with E-state index in [1.807, 2.05) is 43.5 Å². The van der Waals surface area contributed by atoms with Crippen molar-refractivity contribution in [1.82, 2.24) is 14.8 Å². The summed E-state index contributed by atoms with van der Waals surface area (Å²) in [6.07, 6.45) is 1.54. The summed E-state index contributed by atoms with van der Waals surface area (Å²) in [7, 11) is 0. The molecular weight excluding hydrogens is 467 g/mol. The van der Waals surface area contributed by atoms with Gasteiger partial charge in [-0.15, -0.1) is 16.4 Å². The van der Waals surface area contributed by atoms with Crippen molar-refractivity contribution >= 4 is 46.4 Å². The van der Waals surface area contributed by atoms with Crippen molar-refractivity contribution in [2.45, 2.75) is 27.0 Å². The number of carbonyl (C=O) groups excluding carboxylic acids is 1. The van der Waals surface area contributed by atoms with Gasteiger partial charge in [0.15, 0.2) is 0 Å². The van der Waals surface area contributed by atoms with E-state index in [0.29, 0.717) is 28.1 Å². The molecule has 32 heavy (non-hydrogen) atoms. The number of aromatic nitrogens is 3. The van der Waals surface area contributed by atoms with E-state index in [2.05, 4.69) is 21.5 Å². The van der Waals surface area contributed by atoms with Crippen LogP contribution in [0, 0.1) is 13.8 Å². The molecule has 0 saturated heterocycles. The maximum Gasteiger partial charge on any atom is 0.268 e. The first-order valence-corrected chi connectivity index (χ1v) is 11.4. The number of halogens is 2. The predicted molar refractivity (Wildman–Crippen MR) is 128 cm³/mol. The van der Waals surface area contributed by atoms with Crippen LogP contribution < -0.4 is 10.1 Å². The summed E-state index contributed by atoms with van der Waals surface area (Å²) in [4.78, 5) is 17.3. The quantitative estimate of drug-likeness (QED) is 0.340. The Bertz CT molecular complexity index is 1250. The Morgan fingerprint density at radius 2 is 1.91 bits per heavy atom. The highest BCUT2D eigenvalue weighted by atomic mass is 35.5. The van der Waals surface area contributed by atoms with Gasteiger partial charge in [-0.1, -0.05) is 35.3 Å². The van der Waals surface area contributed by atoms with Crippen LogP contribution in [0.4, 0.5) is 5.95 Å². The number of thiophene rings is 1. The van der Waals surface area contributed by atoms with Gasteiger partial charge in [0, 0.05) is 15.6 Å². The summed E-state index contributed by atoms with van der Waals surface area (Å²) in [5.41, 5.74) is 4.08. The molecule has 0 aliphatic carbocycles. The fourth-order valence-corrected chi connectivity index (χ4v) is 4.43. The Balaban J connectivity index is 1.35. The van der Waals surface area contributed by atoms with E-state index in [9.17, 15) is 4.79 Å². The van der Waals surface area contributed by atoms with E-state index in [4.69, 9.17) is 27.9 Å². The number of nitrogens with one attached hydrogen (secondary N) is 1. The number of anilines is 1. The lowest BCUT2D eigenvalue weighted by Crippen LogP contribution is -2.12. The Morgan fingerprint density at radius 1 is 1.12 bits per heavy atom. The zero-order valence-electron chi connectivity index (χ0n) is 17.4. The number of benzene rings is 2. The van der Waals surface area contributed by atoms with Crippen LogP contribution in [0.5, 0.6) is 5.75 Å². The predicted octanol–water partition coefficient (Wildman–Crippen LogP) is 6.14. The molecule has 0 aliphatic heterocycles. The van der Waals surface area contributed by atoms with Gasteiger partial charge in [-0.3, -0.25) is 10.1 Å². The molecule has 0 unspecified atom stereocenters. The molecule has 164 valence electrons. The molecule has 0 spiro atoms. The fraction of sp³-hybridized carbons (Fsp3) is 0.174. The third-order valence-corrected chi connectivity index (χ3v) is 6.15. The number of rotatable bonds is 7. The minimum Gasteiger partial charge on any atom is -0.489 e. The van der Waals surface area contributed by atoms with Crippen LogP contribution in [0.3, 0.4) is 0 Å². The number of amides is 1. The molecule has 2 heterocycles. The highest BCUT2D eigenvalue weighted by Crippen LogP contribution is 2.23. The molecule has 1 N–H and O–H groups in total. The van der Waals surface area contributed by atoms with Gasteiger partial charge in [0.25, 0.3) is 5.91 Å². The maximum atomic E-state index is 12.6. The average molecular weight is 487 g/mol. The highest BCUT2D eigenvalue weighted by molar-refractivity contribution is 7.12. The lowest BCUT2D eigenvalue weighted by atomic mass is 10.1. The molecule has 0 fully saturated rings. The first kappa shape index (κ1) is 22.3. The summed E-state index contributed by atoms with van der Waals surface area (Å²) >= 11 is 13.5. The van der Waals surface area contributed by atoms with Crippen LogP contribution in [0.2, 0.25) is 10.0 Å². The molecule has 4 rings (SSSR count). The largest absolute Gasteiger partial charge is 0.489 e. The van der Waals surface area contributed by atoms with Crippen LogP contribution in [0.15, 0.2) is 54.2 Å². The monoisotopic (exact) mass is 486 g/mol. The van der Waals surface area contributed by atoms with E-state index in [-0.39, 0.29) is 11.9 Å². The molecule has 0 bridgehead atoms. The van der Waals surface area contributed by atoms with Gasteiger partial charge in [-0.2, -0.15) is 0 Å². The molecule has 1 amide bonds. The number of hydrogen-bond donors (Lipinski definition) is 1. The summed E-state index contributed by atoms with van der Waals surface area (Å²) in [6.45, 7) is 4.87. The van der Waals surface area contributed by atoms with Gasteiger partial charge in [0.1, 0.15) is 18.7 Å². The van der Waals surface area contributed by atoms with Gasteiger partial charge < -0.3 is 4.74 Å². The van der Waals surface area contributed by atoms with E-state index < -0.39 is 0 Å². The van der Waals surface area contributed by atoms with Crippen LogP contribution in [-0.2, 0) is 13.2 Å². The first-order chi connectivity index (χ1) is 15.4. The summed E-state index contributed by atoms with van der Waals surface area (Å²) in [5, 5.41) is 10.0. The van der Waals surface area contributed by atoms with Gasteiger partial charge in [-0.05, 0) is 66.2 Å². The van der Waals surface area contributed by atoms with E-state index in [1.54, 1.807) is 16.8 Å². The Labute approximate surface area is 199 Å². The summed E-state index contributed by atoms with van der Waals surface area (Å²) < 4.78 is 7.47. The Hall–Kier alpha value is -2.87. The SMILES string of the molecule is Cc1cc(C)cc(OCc2csc(C(=O)Nc3ncn(Cc4ccc(Cl)cc4Cl)n3)c2)c1. The van der Waals surface area contributed by atoms with Gasteiger partial charge in [-0.25, -0.2) is 9.67 Å². The number of ether oxygens (including phenoxy) is 1. The molecule has 6 nitrogen and oxygen atoms in total. The lowest BCUT2D eigenvalue weighted by molar-refractivity contribution is 0.102. The van der Waals surface area contributed by atoms with Crippen molar-refractivity contribution in [2.24, 2.45) is 0 Å². The third kappa shape index (κ3) is 5.68. The van der Waals surface area contributed by atoms with Crippen molar-refractivity contribution in [3.63, 3.8) is 0 Å². The standard InChI is InChI=1S/C23H20Cl2N4O2S/c1-14-5-15(2)7-19(6-14)31-11-16-8-21(32-12-16)22(30)27-23-26-13-29(28-23)10-17-3-4-18(24)9-20(17)25/h3-9,12-13H,10-11H2,1-2H3,(H,27,28,30). The van der Waals surface area contributed by atoms with Crippen molar-refractivity contribution in [2.75, 3.05) is 5.32 Å². The van der Waals surface area contributed by atoms with Crippen molar-refractivity contribution in [1.29, 1.82) is 0 Å². The zero-order chi connectivity index (χ0) is 22.7. The summed E-state index contributed by atoms with van der Waals surface area (Å²) in [6, 6.07) is 13.2. The topological polar surface area (TPSA) is 69.0 Å². The Kier molecular flexibility index (Phi) is 6.79. The van der Waals surface area contributed by atoms with Crippen LogP contribution in [0.1, 0.15) is 31.9 Å². The second kappa shape index (κ2) is 9.73. The number of carbonyl (C=O) groups is 1. The highest BCUT2D eigenvalue weighted by Gasteiger charge is 2.13. The number of nitrogens with zero attached hydrogens (tertiary/aromatic N) is 3. The van der Waals surface area contributed by atoms with Gasteiger partial charge in [0.05, 0.1) is 11.4 Å². The van der Waals surface area contributed by atoms with Crippen LogP contribution >= 0.6 is 34.5 Å². The normalized spacial score (nSPS) is 10.9. The van der Waals surface area contributed by atoms with Gasteiger partial charge >= 0.3 is 0 Å². The van der Waals surface area contributed by atoms with Crippen molar-refractivity contribution in [3.05, 3.63) is 91.3 Å². The maximum absolute atomic E-state index is 12.6. The fourth-order valence-electron chi connectivity index (χ4n) is 3.17. The molecule has 2 aromatic heterocycles. The number of aryl methyl sites for hydroxylation is 2. The lowest BCUT2D eigenvalue weighted by Gasteiger charge is -2.07. The van der Waals surface area contributed by atoms with Crippen LogP contribution in [-0.4, -0.2) is 20.7 Å². The van der Waals surface area contributed by atoms with E-state index >= 15 is 0 Å². The molecule has 4 aromatic rings. The van der Waals surface area contributed by atoms with E-state index in [1.165, 1.54) is 17.7 Å².